The van der Waals surface area contributed by atoms with E-state index in [1.165, 1.54) is 29.8 Å². The van der Waals surface area contributed by atoms with E-state index in [2.05, 4.69) is 39.4 Å². The molecule has 31 heavy (non-hydrogen) atoms. The number of ether oxygens (including phenoxy) is 2. The smallest absolute Gasteiger partial charge is 0.225 e. The number of hydrogen-bond donors (Lipinski definition) is 1. The molecule has 164 valence electrons. The number of amides is 1. The summed E-state index contributed by atoms with van der Waals surface area (Å²) in [6.07, 6.45) is 3.26. The molecule has 1 amide bonds. The number of benzene rings is 2. The Kier molecular flexibility index (Phi) is 5.38. The molecule has 6 heteroatoms. The quantitative estimate of drug-likeness (QED) is 0.777. The summed E-state index contributed by atoms with van der Waals surface area (Å²) in [5, 5.41) is 3.25. The summed E-state index contributed by atoms with van der Waals surface area (Å²) in [6, 6.07) is 14.6. The van der Waals surface area contributed by atoms with Crippen LogP contribution >= 0.6 is 0 Å². The van der Waals surface area contributed by atoms with E-state index in [0.717, 1.165) is 44.1 Å². The number of nitrogens with one attached hydrogen (secondary N) is 1. The third-order valence-corrected chi connectivity index (χ3v) is 6.96. The summed E-state index contributed by atoms with van der Waals surface area (Å²) < 4.78 is 10.8. The van der Waals surface area contributed by atoms with Crippen molar-refractivity contribution >= 4 is 17.3 Å². The standard InChI is InChI=1S/C25H31N3O3/c1-30-20-9-6-19(7-10-20)27-11-12-28-23-14-21(31-2)8-5-18(23)13-22(24(28)16-27)25(29)26-15-17-3-4-17/h5-10,14,17,22,24H,3-4,11-13,15-16H2,1-2H3,(H,26,29)/t22-,24-/m0/s1. The van der Waals surface area contributed by atoms with Crippen LogP contribution in [-0.4, -0.2) is 52.3 Å². The molecular weight excluding hydrogens is 390 g/mol. The van der Waals surface area contributed by atoms with Gasteiger partial charge in [-0.15, -0.1) is 0 Å². The maximum atomic E-state index is 13.2. The minimum Gasteiger partial charge on any atom is -0.497 e. The van der Waals surface area contributed by atoms with Crippen LogP contribution in [-0.2, 0) is 11.2 Å². The van der Waals surface area contributed by atoms with E-state index in [4.69, 9.17) is 9.47 Å². The predicted molar refractivity (Wildman–Crippen MR) is 122 cm³/mol. The van der Waals surface area contributed by atoms with Gasteiger partial charge in [-0.1, -0.05) is 6.07 Å². The van der Waals surface area contributed by atoms with E-state index >= 15 is 0 Å². The van der Waals surface area contributed by atoms with Gasteiger partial charge in [0.05, 0.1) is 26.2 Å². The summed E-state index contributed by atoms with van der Waals surface area (Å²) in [4.78, 5) is 18.1. The van der Waals surface area contributed by atoms with Crippen molar-refractivity contribution in [2.75, 3.05) is 50.2 Å². The Hall–Kier alpha value is -2.89. The number of piperazine rings is 1. The first-order chi connectivity index (χ1) is 15.2. The average molecular weight is 422 g/mol. The molecular formula is C25H31N3O3. The molecule has 0 aromatic heterocycles. The third kappa shape index (κ3) is 4.03. The average Bonchev–Trinajstić information content (AvgIpc) is 3.66. The Morgan fingerprint density at radius 1 is 1.03 bits per heavy atom. The van der Waals surface area contributed by atoms with E-state index in [0.29, 0.717) is 5.92 Å². The van der Waals surface area contributed by atoms with Gasteiger partial charge in [0.15, 0.2) is 0 Å². The lowest BCUT2D eigenvalue weighted by Gasteiger charge is -2.49. The van der Waals surface area contributed by atoms with Gasteiger partial charge >= 0.3 is 0 Å². The molecule has 0 spiro atoms. The van der Waals surface area contributed by atoms with Gasteiger partial charge in [-0.2, -0.15) is 0 Å². The number of fused-ring (bicyclic) bond motifs is 3. The van der Waals surface area contributed by atoms with Crippen LogP contribution in [0.5, 0.6) is 11.5 Å². The molecule has 1 saturated heterocycles. The Bertz CT molecular complexity index is 942. The number of carbonyl (C=O) groups excluding carboxylic acids is 1. The van der Waals surface area contributed by atoms with E-state index in [1.807, 2.05) is 18.2 Å². The first kappa shape index (κ1) is 20.0. The van der Waals surface area contributed by atoms with E-state index in [-0.39, 0.29) is 17.9 Å². The fourth-order valence-electron chi connectivity index (χ4n) is 4.93. The van der Waals surface area contributed by atoms with Gasteiger partial charge in [-0.25, -0.2) is 0 Å². The molecule has 5 rings (SSSR count). The molecule has 2 heterocycles. The summed E-state index contributed by atoms with van der Waals surface area (Å²) in [7, 11) is 3.39. The van der Waals surface area contributed by atoms with Gasteiger partial charge < -0.3 is 24.6 Å². The van der Waals surface area contributed by atoms with Crippen LogP contribution in [0.1, 0.15) is 18.4 Å². The van der Waals surface area contributed by atoms with Gasteiger partial charge in [0.25, 0.3) is 0 Å². The topological polar surface area (TPSA) is 54.0 Å². The van der Waals surface area contributed by atoms with Crippen LogP contribution < -0.4 is 24.6 Å². The van der Waals surface area contributed by atoms with Gasteiger partial charge in [0, 0.05) is 43.6 Å². The summed E-state index contributed by atoms with van der Waals surface area (Å²) in [5.74, 6) is 2.55. The SMILES string of the molecule is COc1ccc(N2CCN3c4cc(OC)ccc4C[C@H](C(=O)NCC4CC4)[C@@H]3C2)cc1. The summed E-state index contributed by atoms with van der Waals surface area (Å²) in [6.45, 7) is 3.43. The second-order valence-electron chi connectivity index (χ2n) is 8.90. The van der Waals surface area contributed by atoms with Crippen molar-refractivity contribution < 1.29 is 14.3 Å². The number of nitrogens with zero attached hydrogens (tertiary/aromatic N) is 2. The van der Waals surface area contributed by atoms with Gasteiger partial charge in [0.1, 0.15) is 11.5 Å². The van der Waals surface area contributed by atoms with E-state index < -0.39 is 0 Å². The van der Waals surface area contributed by atoms with Crippen LogP contribution in [0.3, 0.4) is 0 Å². The number of carbonyl (C=O) groups is 1. The molecule has 0 radical (unpaired) electrons. The van der Waals surface area contributed by atoms with E-state index in [9.17, 15) is 4.79 Å². The molecule has 0 bridgehead atoms. The third-order valence-electron chi connectivity index (χ3n) is 6.96. The second kappa shape index (κ2) is 8.33. The number of hydrogen-bond acceptors (Lipinski definition) is 5. The Labute approximate surface area is 184 Å². The second-order valence-corrected chi connectivity index (χ2v) is 8.90. The number of anilines is 2. The zero-order valence-electron chi connectivity index (χ0n) is 18.3. The molecule has 2 atom stereocenters. The normalized spacial score (nSPS) is 22.4. The first-order valence-corrected chi connectivity index (χ1v) is 11.3. The Morgan fingerprint density at radius 3 is 2.48 bits per heavy atom. The van der Waals surface area contributed by atoms with Crippen molar-refractivity contribution in [1.82, 2.24) is 5.32 Å². The van der Waals surface area contributed by atoms with Gasteiger partial charge in [0.2, 0.25) is 5.91 Å². The lowest BCUT2D eigenvalue weighted by molar-refractivity contribution is -0.125. The van der Waals surface area contributed by atoms with Crippen molar-refractivity contribution in [3.8, 4) is 11.5 Å². The predicted octanol–water partition coefficient (Wildman–Crippen LogP) is 3.10. The minimum atomic E-state index is -0.0549. The molecule has 2 aromatic rings. The molecule has 2 aliphatic heterocycles. The van der Waals surface area contributed by atoms with Crippen LogP contribution in [0.2, 0.25) is 0 Å². The lowest BCUT2D eigenvalue weighted by atomic mass is 9.83. The fourth-order valence-corrected chi connectivity index (χ4v) is 4.93. The van der Waals surface area contributed by atoms with Crippen molar-refractivity contribution in [1.29, 1.82) is 0 Å². The van der Waals surface area contributed by atoms with Gasteiger partial charge in [-0.05, 0) is 61.1 Å². The maximum absolute atomic E-state index is 13.2. The van der Waals surface area contributed by atoms with Crippen LogP contribution in [0.25, 0.3) is 0 Å². The largest absolute Gasteiger partial charge is 0.497 e. The maximum Gasteiger partial charge on any atom is 0.225 e. The first-order valence-electron chi connectivity index (χ1n) is 11.3. The molecule has 2 fully saturated rings. The van der Waals surface area contributed by atoms with Crippen molar-refractivity contribution in [2.24, 2.45) is 11.8 Å². The highest BCUT2D eigenvalue weighted by Gasteiger charge is 2.42. The highest BCUT2D eigenvalue weighted by Crippen LogP contribution is 2.39. The lowest BCUT2D eigenvalue weighted by Crippen LogP contribution is -2.61. The molecule has 1 N–H and O–H groups in total. The van der Waals surface area contributed by atoms with Gasteiger partial charge in [-0.3, -0.25) is 4.79 Å². The summed E-state index contributed by atoms with van der Waals surface area (Å²) >= 11 is 0. The van der Waals surface area contributed by atoms with Crippen LogP contribution in [0, 0.1) is 11.8 Å². The van der Waals surface area contributed by atoms with E-state index in [1.54, 1.807) is 14.2 Å². The number of methoxy groups -OCH3 is 2. The molecule has 0 unspecified atom stereocenters. The highest BCUT2D eigenvalue weighted by atomic mass is 16.5. The fraction of sp³-hybridized carbons (Fsp3) is 0.480. The molecule has 1 aliphatic carbocycles. The highest BCUT2D eigenvalue weighted by molar-refractivity contribution is 5.82. The summed E-state index contributed by atoms with van der Waals surface area (Å²) in [5.41, 5.74) is 3.63. The van der Waals surface area contributed by atoms with Crippen LogP contribution in [0.15, 0.2) is 42.5 Å². The van der Waals surface area contributed by atoms with Crippen molar-refractivity contribution in [3.05, 3.63) is 48.0 Å². The molecule has 6 nitrogen and oxygen atoms in total. The molecule has 3 aliphatic rings. The monoisotopic (exact) mass is 421 g/mol. The number of rotatable bonds is 6. The Balaban J connectivity index is 1.42. The van der Waals surface area contributed by atoms with Crippen molar-refractivity contribution in [2.45, 2.75) is 25.3 Å². The molecule has 2 aromatic carbocycles. The zero-order valence-corrected chi connectivity index (χ0v) is 18.3. The van der Waals surface area contributed by atoms with Crippen molar-refractivity contribution in [3.63, 3.8) is 0 Å². The molecule has 1 saturated carbocycles. The zero-order chi connectivity index (χ0) is 21.4. The minimum absolute atomic E-state index is 0.0549. The van der Waals surface area contributed by atoms with Crippen LogP contribution in [0.4, 0.5) is 11.4 Å². The Morgan fingerprint density at radius 2 is 1.77 bits per heavy atom.